The van der Waals surface area contributed by atoms with Crippen LogP contribution in [0.1, 0.15) is 48.8 Å². The molecule has 0 aliphatic carbocycles. The first-order valence-corrected chi connectivity index (χ1v) is 7.49. The molecule has 19 heavy (non-hydrogen) atoms. The Bertz CT molecular complexity index is 468. The second-order valence-electron chi connectivity index (χ2n) is 5.02. The van der Waals surface area contributed by atoms with Crippen molar-refractivity contribution in [3.05, 3.63) is 21.9 Å². The summed E-state index contributed by atoms with van der Waals surface area (Å²) in [6.07, 6.45) is 2.12. The predicted octanol–water partition coefficient (Wildman–Crippen LogP) is 2.61. The molecule has 1 rings (SSSR count). The lowest BCUT2D eigenvalue weighted by Crippen LogP contribution is -2.32. The summed E-state index contributed by atoms with van der Waals surface area (Å²) in [6, 6.07) is 2.05. The molecule has 0 saturated heterocycles. The molecule has 1 unspecified atom stereocenters. The molecule has 0 saturated carbocycles. The second-order valence-corrected chi connectivity index (χ2v) is 5.93. The van der Waals surface area contributed by atoms with E-state index in [2.05, 4.69) is 31.0 Å². The molecule has 1 heterocycles. The SMILES string of the molecule is CC(C)CCC(C)NC(=O)c1sccc1C#CCN. The normalized spacial score (nSPS) is 11.8. The monoisotopic (exact) mass is 278 g/mol. The highest BCUT2D eigenvalue weighted by atomic mass is 32.1. The lowest BCUT2D eigenvalue weighted by atomic mass is 10.0. The molecular formula is C15H22N2OS. The fourth-order valence-corrected chi connectivity index (χ4v) is 2.43. The minimum absolute atomic E-state index is 0.0347. The molecule has 1 aromatic rings. The molecule has 0 spiro atoms. The van der Waals surface area contributed by atoms with Crippen LogP contribution in [0.5, 0.6) is 0 Å². The molecule has 0 aliphatic rings. The van der Waals surface area contributed by atoms with Crippen LogP contribution in [0.3, 0.4) is 0 Å². The van der Waals surface area contributed by atoms with Crippen LogP contribution in [0.4, 0.5) is 0 Å². The minimum atomic E-state index is -0.0347. The summed E-state index contributed by atoms with van der Waals surface area (Å²) < 4.78 is 0. The maximum atomic E-state index is 12.1. The van der Waals surface area contributed by atoms with Crippen molar-refractivity contribution in [3.63, 3.8) is 0 Å². The van der Waals surface area contributed by atoms with Gasteiger partial charge in [-0.25, -0.2) is 0 Å². The van der Waals surface area contributed by atoms with Crippen LogP contribution >= 0.6 is 11.3 Å². The predicted molar refractivity (Wildman–Crippen MR) is 81.3 cm³/mol. The highest BCUT2D eigenvalue weighted by Crippen LogP contribution is 2.16. The Morgan fingerprint density at radius 1 is 1.42 bits per heavy atom. The third kappa shape index (κ3) is 5.46. The van der Waals surface area contributed by atoms with Gasteiger partial charge in [0.15, 0.2) is 0 Å². The Morgan fingerprint density at radius 3 is 2.79 bits per heavy atom. The zero-order chi connectivity index (χ0) is 14.3. The number of hydrogen-bond acceptors (Lipinski definition) is 3. The minimum Gasteiger partial charge on any atom is -0.349 e. The molecule has 3 nitrogen and oxygen atoms in total. The summed E-state index contributed by atoms with van der Waals surface area (Å²) in [7, 11) is 0. The number of carbonyl (C=O) groups excluding carboxylic acids is 1. The smallest absolute Gasteiger partial charge is 0.262 e. The van der Waals surface area contributed by atoms with E-state index in [0.717, 1.165) is 18.4 Å². The Balaban J connectivity index is 2.60. The fourth-order valence-electron chi connectivity index (χ4n) is 1.67. The van der Waals surface area contributed by atoms with E-state index in [9.17, 15) is 4.79 Å². The van der Waals surface area contributed by atoms with Gasteiger partial charge in [-0.3, -0.25) is 4.79 Å². The molecule has 3 N–H and O–H groups in total. The maximum Gasteiger partial charge on any atom is 0.262 e. The number of nitrogens with one attached hydrogen (secondary N) is 1. The first kappa shape index (κ1) is 15.7. The number of nitrogens with two attached hydrogens (primary N) is 1. The van der Waals surface area contributed by atoms with Crippen LogP contribution in [-0.4, -0.2) is 18.5 Å². The quantitative estimate of drug-likeness (QED) is 0.813. The van der Waals surface area contributed by atoms with Crippen molar-refractivity contribution in [2.24, 2.45) is 11.7 Å². The Morgan fingerprint density at radius 2 is 2.16 bits per heavy atom. The number of rotatable bonds is 5. The molecule has 0 aromatic carbocycles. The van der Waals surface area contributed by atoms with E-state index in [-0.39, 0.29) is 11.9 Å². The number of hydrogen-bond donors (Lipinski definition) is 2. The van der Waals surface area contributed by atoms with Crippen molar-refractivity contribution >= 4 is 17.2 Å². The molecule has 1 aromatic heterocycles. The summed E-state index contributed by atoms with van der Waals surface area (Å²) in [5, 5.41) is 4.91. The summed E-state index contributed by atoms with van der Waals surface area (Å²) in [5.41, 5.74) is 6.12. The molecule has 0 radical (unpaired) electrons. The van der Waals surface area contributed by atoms with Crippen LogP contribution < -0.4 is 11.1 Å². The average molecular weight is 278 g/mol. The van der Waals surface area contributed by atoms with Gasteiger partial charge in [-0.15, -0.1) is 11.3 Å². The van der Waals surface area contributed by atoms with Crippen molar-refractivity contribution in [2.45, 2.75) is 39.7 Å². The van der Waals surface area contributed by atoms with Crippen molar-refractivity contribution in [1.29, 1.82) is 0 Å². The van der Waals surface area contributed by atoms with Crippen LogP contribution in [0.2, 0.25) is 0 Å². The molecule has 0 fully saturated rings. The largest absolute Gasteiger partial charge is 0.349 e. The summed E-state index contributed by atoms with van der Waals surface area (Å²) in [6.45, 7) is 6.73. The van der Waals surface area contributed by atoms with Gasteiger partial charge < -0.3 is 11.1 Å². The van der Waals surface area contributed by atoms with Gasteiger partial charge in [0, 0.05) is 11.6 Å². The van der Waals surface area contributed by atoms with Crippen LogP contribution in [0.15, 0.2) is 11.4 Å². The standard InChI is InChI=1S/C15H22N2OS/c1-11(2)6-7-12(3)17-15(18)14-13(5-4-9-16)8-10-19-14/h8,10-12H,6-7,9,16H2,1-3H3,(H,17,18). The van der Waals surface area contributed by atoms with E-state index in [1.807, 2.05) is 18.4 Å². The molecule has 1 atom stereocenters. The highest BCUT2D eigenvalue weighted by molar-refractivity contribution is 7.12. The third-order valence-electron chi connectivity index (χ3n) is 2.75. The van der Waals surface area contributed by atoms with Crippen molar-refractivity contribution in [2.75, 3.05) is 6.54 Å². The molecular weight excluding hydrogens is 256 g/mol. The first-order valence-electron chi connectivity index (χ1n) is 6.61. The van der Waals surface area contributed by atoms with E-state index < -0.39 is 0 Å². The molecule has 104 valence electrons. The van der Waals surface area contributed by atoms with Gasteiger partial charge in [0.25, 0.3) is 5.91 Å². The van der Waals surface area contributed by atoms with Gasteiger partial charge in [-0.2, -0.15) is 0 Å². The summed E-state index contributed by atoms with van der Waals surface area (Å²) in [4.78, 5) is 12.8. The molecule has 0 aliphatic heterocycles. The Labute approximate surface area is 119 Å². The number of thiophene rings is 1. The second kappa shape index (κ2) is 7.98. The van der Waals surface area contributed by atoms with Gasteiger partial charge in [0.2, 0.25) is 0 Å². The Kier molecular flexibility index (Phi) is 6.61. The van der Waals surface area contributed by atoms with Crippen LogP contribution in [-0.2, 0) is 0 Å². The van der Waals surface area contributed by atoms with E-state index in [4.69, 9.17) is 5.73 Å². The molecule has 1 amide bonds. The van der Waals surface area contributed by atoms with Gasteiger partial charge in [-0.1, -0.05) is 25.7 Å². The number of carbonyl (C=O) groups is 1. The Hall–Kier alpha value is -1.31. The van der Waals surface area contributed by atoms with E-state index >= 15 is 0 Å². The highest BCUT2D eigenvalue weighted by Gasteiger charge is 2.14. The lowest BCUT2D eigenvalue weighted by molar-refractivity contribution is 0.0941. The van der Waals surface area contributed by atoms with Gasteiger partial charge in [-0.05, 0) is 37.1 Å². The van der Waals surface area contributed by atoms with E-state index in [1.165, 1.54) is 11.3 Å². The van der Waals surface area contributed by atoms with Crippen molar-refractivity contribution < 1.29 is 4.79 Å². The average Bonchev–Trinajstić information content (AvgIpc) is 2.82. The maximum absolute atomic E-state index is 12.1. The van der Waals surface area contributed by atoms with Crippen molar-refractivity contribution in [3.8, 4) is 11.8 Å². The lowest BCUT2D eigenvalue weighted by Gasteiger charge is -2.14. The molecule has 0 bridgehead atoms. The fraction of sp³-hybridized carbons (Fsp3) is 0.533. The topological polar surface area (TPSA) is 55.1 Å². The third-order valence-corrected chi connectivity index (χ3v) is 3.66. The van der Waals surface area contributed by atoms with Crippen LogP contribution in [0.25, 0.3) is 0 Å². The zero-order valence-corrected chi connectivity index (χ0v) is 12.6. The van der Waals surface area contributed by atoms with E-state index in [1.54, 1.807) is 0 Å². The summed E-state index contributed by atoms with van der Waals surface area (Å²) in [5.74, 6) is 6.34. The van der Waals surface area contributed by atoms with Gasteiger partial charge in [0.05, 0.1) is 6.54 Å². The van der Waals surface area contributed by atoms with Crippen molar-refractivity contribution in [1.82, 2.24) is 5.32 Å². The number of amides is 1. The zero-order valence-electron chi connectivity index (χ0n) is 11.8. The van der Waals surface area contributed by atoms with Gasteiger partial charge in [0.1, 0.15) is 4.88 Å². The molecule has 4 heteroatoms. The first-order chi connectivity index (χ1) is 9.04. The van der Waals surface area contributed by atoms with Gasteiger partial charge >= 0.3 is 0 Å². The van der Waals surface area contributed by atoms with E-state index in [0.29, 0.717) is 17.3 Å². The summed E-state index contributed by atoms with van der Waals surface area (Å²) >= 11 is 1.42. The van der Waals surface area contributed by atoms with Crippen LogP contribution in [0, 0.1) is 17.8 Å².